The van der Waals surface area contributed by atoms with Crippen molar-refractivity contribution in [1.82, 2.24) is 0 Å². The molecule has 0 atom stereocenters. The van der Waals surface area contributed by atoms with Crippen LogP contribution in [0.4, 0.5) is 0 Å². The van der Waals surface area contributed by atoms with Crippen molar-refractivity contribution in [3.63, 3.8) is 0 Å². The van der Waals surface area contributed by atoms with Gasteiger partial charge in [0.1, 0.15) is 0 Å². The summed E-state index contributed by atoms with van der Waals surface area (Å²) < 4.78 is 0. The molecule has 0 radical (unpaired) electrons. The minimum absolute atomic E-state index is 0.0339. The highest BCUT2D eigenvalue weighted by molar-refractivity contribution is 8.01. The number of thioether (sulfide) groups is 1. The molecule has 0 amide bonds. The molecule has 17 heavy (non-hydrogen) atoms. The molecule has 0 saturated carbocycles. The summed E-state index contributed by atoms with van der Waals surface area (Å²) in [5, 5.41) is 37.0. The molecular weight excluding hydrogens is 240 g/mol. The lowest BCUT2D eigenvalue weighted by Gasteiger charge is -2.24. The second-order valence-corrected chi connectivity index (χ2v) is 5.43. The van der Waals surface area contributed by atoms with Crippen LogP contribution in [0, 0.1) is 0 Å². The summed E-state index contributed by atoms with van der Waals surface area (Å²) in [5.74, 6) is -3.69. The smallest absolute Gasteiger partial charge is 0.203 e. The fourth-order valence-electron chi connectivity index (χ4n) is 1.55. The van der Waals surface area contributed by atoms with Crippen molar-refractivity contribution >= 4 is 11.8 Å². The highest BCUT2D eigenvalue weighted by atomic mass is 32.2. The first-order valence-electron chi connectivity index (χ1n) is 5.19. The molecule has 0 unspecified atom stereocenters. The number of aliphatic hydroxyl groups is 4. The van der Waals surface area contributed by atoms with E-state index in [4.69, 9.17) is 0 Å². The largest absolute Gasteiger partial charge is 0.359 e. The van der Waals surface area contributed by atoms with E-state index in [0.717, 1.165) is 0 Å². The fourth-order valence-corrected chi connectivity index (χ4v) is 2.59. The monoisotopic (exact) mass is 254 g/mol. The molecule has 2 aliphatic rings. The van der Waals surface area contributed by atoms with E-state index in [1.807, 2.05) is 0 Å². The first-order valence-corrected chi connectivity index (χ1v) is 6.13. The predicted octanol–water partition coefficient (Wildman–Crippen LogP) is 0.0706. The Hall–Kier alpha value is -0.850. The van der Waals surface area contributed by atoms with Gasteiger partial charge in [0.15, 0.2) is 0 Å². The molecule has 0 bridgehead atoms. The van der Waals surface area contributed by atoms with Crippen molar-refractivity contribution in [2.45, 2.75) is 22.1 Å². The molecule has 4 N–H and O–H groups in total. The average Bonchev–Trinajstić information content (AvgIpc) is 2.24. The molecule has 0 aromatic rings. The minimum atomic E-state index is -1.85. The molecule has 0 heterocycles. The van der Waals surface area contributed by atoms with Gasteiger partial charge in [0.25, 0.3) is 0 Å². The maximum atomic E-state index is 9.25. The number of hydrogen-bond donors (Lipinski definition) is 4. The Bertz CT molecular complexity index is 337. The van der Waals surface area contributed by atoms with Crippen molar-refractivity contribution in [2.75, 3.05) is 0 Å². The number of hydrogen-bond acceptors (Lipinski definition) is 5. The Kier molecular flexibility index (Phi) is 3.29. The quantitative estimate of drug-likeness (QED) is 0.414. The number of rotatable bonds is 2. The second-order valence-electron chi connectivity index (χ2n) is 4.07. The third-order valence-corrected chi connectivity index (χ3v) is 3.70. The minimum Gasteiger partial charge on any atom is -0.359 e. The lowest BCUT2D eigenvalue weighted by Crippen LogP contribution is -2.26. The van der Waals surface area contributed by atoms with Crippen LogP contribution in [-0.2, 0) is 0 Å². The Morgan fingerprint density at radius 1 is 0.647 bits per heavy atom. The van der Waals surface area contributed by atoms with Gasteiger partial charge in [0.05, 0.1) is 0 Å². The summed E-state index contributed by atoms with van der Waals surface area (Å²) in [6.45, 7) is 0. The van der Waals surface area contributed by atoms with Gasteiger partial charge in [0.2, 0.25) is 11.6 Å². The molecule has 2 aliphatic carbocycles. The molecule has 0 aromatic carbocycles. The zero-order chi connectivity index (χ0) is 12.5. The lowest BCUT2D eigenvalue weighted by atomic mass is 10.1. The summed E-state index contributed by atoms with van der Waals surface area (Å²) in [6, 6.07) is 0. The first-order chi connectivity index (χ1) is 7.86. The summed E-state index contributed by atoms with van der Waals surface area (Å²) >= 11 is 1.55. The molecule has 0 spiro atoms. The van der Waals surface area contributed by atoms with E-state index >= 15 is 0 Å². The molecule has 92 valence electrons. The highest BCUT2D eigenvalue weighted by Gasteiger charge is 2.23. The highest BCUT2D eigenvalue weighted by Crippen LogP contribution is 2.29. The van der Waals surface area contributed by atoms with Crippen molar-refractivity contribution < 1.29 is 20.4 Å². The van der Waals surface area contributed by atoms with Gasteiger partial charge in [-0.25, -0.2) is 0 Å². The molecule has 0 aliphatic heterocycles. The van der Waals surface area contributed by atoms with Crippen molar-refractivity contribution in [1.29, 1.82) is 0 Å². The van der Waals surface area contributed by atoms with Gasteiger partial charge in [-0.2, -0.15) is 0 Å². The third kappa shape index (κ3) is 3.55. The van der Waals surface area contributed by atoms with Crippen molar-refractivity contribution in [3.05, 3.63) is 48.6 Å². The third-order valence-electron chi connectivity index (χ3n) is 2.44. The van der Waals surface area contributed by atoms with Crippen LogP contribution in [0.3, 0.4) is 0 Å². The molecule has 0 fully saturated rings. The molecule has 5 heteroatoms. The zero-order valence-corrected chi connectivity index (χ0v) is 9.79. The van der Waals surface area contributed by atoms with Crippen LogP contribution in [0.2, 0.25) is 0 Å². The van der Waals surface area contributed by atoms with E-state index < -0.39 is 11.6 Å². The SMILES string of the molecule is OC1(O)C=CC(SC2C=CC(O)(O)C=C2)C=C1. The Labute approximate surface area is 103 Å². The lowest BCUT2D eigenvalue weighted by molar-refractivity contribution is -0.0758. The summed E-state index contributed by atoms with van der Waals surface area (Å²) in [4.78, 5) is 0. The van der Waals surface area contributed by atoms with E-state index in [1.165, 1.54) is 24.3 Å². The fraction of sp³-hybridized carbons (Fsp3) is 0.333. The van der Waals surface area contributed by atoms with Crippen molar-refractivity contribution in [2.24, 2.45) is 0 Å². The van der Waals surface area contributed by atoms with E-state index in [0.29, 0.717) is 0 Å². The Morgan fingerprint density at radius 2 is 0.941 bits per heavy atom. The molecule has 4 nitrogen and oxygen atoms in total. The standard InChI is InChI=1S/C12H14O4S/c13-11(14)5-1-9(2-6-11)17-10-3-7-12(15,16)8-4-10/h1-10,13-16H. The maximum absolute atomic E-state index is 9.25. The first kappa shape index (κ1) is 12.6. The van der Waals surface area contributed by atoms with E-state index in [2.05, 4.69) is 0 Å². The van der Waals surface area contributed by atoms with Gasteiger partial charge in [-0.15, -0.1) is 11.8 Å². The van der Waals surface area contributed by atoms with Gasteiger partial charge in [0, 0.05) is 10.5 Å². The summed E-state index contributed by atoms with van der Waals surface area (Å²) in [7, 11) is 0. The van der Waals surface area contributed by atoms with Crippen LogP contribution in [0.1, 0.15) is 0 Å². The van der Waals surface area contributed by atoms with Crippen molar-refractivity contribution in [3.8, 4) is 0 Å². The summed E-state index contributed by atoms with van der Waals surface area (Å²) in [5.41, 5.74) is 0. The normalized spacial score (nSPS) is 26.6. The van der Waals surface area contributed by atoms with Gasteiger partial charge >= 0.3 is 0 Å². The molecular formula is C12H14O4S. The summed E-state index contributed by atoms with van der Waals surface area (Å²) in [6.07, 6.45) is 12.1. The van der Waals surface area contributed by atoms with Crippen LogP contribution in [0.25, 0.3) is 0 Å². The van der Waals surface area contributed by atoms with Gasteiger partial charge in [-0.1, -0.05) is 24.3 Å². The Morgan fingerprint density at radius 3 is 1.24 bits per heavy atom. The van der Waals surface area contributed by atoms with E-state index in [9.17, 15) is 20.4 Å². The molecule has 2 rings (SSSR count). The van der Waals surface area contributed by atoms with Crippen LogP contribution in [0.5, 0.6) is 0 Å². The predicted molar refractivity (Wildman–Crippen MR) is 66.1 cm³/mol. The van der Waals surface area contributed by atoms with Gasteiger partial charge in [-0.05, 0) is 24.3 Å². The molecule has 0 aromatic heterocycles. The van der Waals surface area contributed by atoms with Gasteiger partial charge < -0.3 is 20.4 Å². The van der Waals surface area contributed by atoms with Crippen LogP contribution in [0.15, 0.2) is 48.6 Å². The zero-order valence-electron chi connectivity index (χ0n) is 8.97. The van der Waals surface area contributed by atoms with Crippen LogP contribution in [-0.4, -0.2) is 42.5 Å². The average molecular weight is 254 g/mol. The van der Waals surface area contributed by atoms with Crippen LogP contribution >= 0.6 is 11.8 Å². The topological polar surface area (TPSA) is 80.9 Å². The van der Waals surface area contributed by atoms with E-state index in [-0.39, 0.29) is 10.5 Å². The second kappa shape index (κ2) is 4.44. The molecule has 0 saturated heterocycles. The Balaban J connectivity index is 1.93. The van der Waals surface area contributed by atoms with Gasteiger partial charge in [-0.3, -0.25) is 0 Å². The van der Waals surface area contributed by atoms with Crippen LogP contribution < -0.4 is 0 Å². The maximum Gasteiger partial charge on any atom is 0.203 e. The van der Waals surface area contributed by atoms with E-state index in [1.54, 1.807) is 36.1 Å².